The number of nitrogens with one attached hydrogen (secondary N) is 1. The van der Waals surface area contributed by atoms with Crippen LogP contribution in [0.5, 0.6) is 11.5 Å². The normalized spacial score (nSPS) is 11.1. The van der Waals surface area contributed by atoms with E-state index in [0.29, 0.717) is 23.6 Å². The van der Waals surface area contributed by atoms with Crippen molar-refractivity contribution in [2.75, 3.05) is 13.2 Å². The molecular weight excluding hydrogens is 404 g/mol. The van der Waals surface area contributed by atoms with Gasteiger partial charge in [0.15, 0.2) is 6.61 Å². The molecular formula is C26H30N2O4. The van der Waals surface area contributed by atoms with Crippen molar-refractivity contribution >= 4 is 18.0 Å². The Morgan fingerprint density at radius 2 is 1.88 bits per heavy atom. The molecule has 0 heterocycles. The lowest BCUT2D eigenvalue weighted by atomic mass is 10.0. The third-order valence-corrected chi connectivity index (χ3v) is 4.74. The van der Waals surface area contributed by atoms with Gasteiger partial charge in [-0.1, -0.05) is 51.5 Å². The minimum absolute atomic E-state index is 0.0263. The first-order valence-electron chi connectivity index (χ1n) is 10.8. The summed E-state index contributed by atoms with van der Waals surface area (Å²) in [6.07, 6.45) is 3.32. The zero-order chi connectivity index (χ0) is 23.5. The summed E-state index contributed by atoms with van der Waals surface area (Å²) in [7, 11) is 0. The molecule has 6 nitrogen and oxygen atoms in total. The van der Waals surface area contributed by atoms with Crippen LogP contribution < -0.4 is 14.8 Å². The quantitative estimate of drug-likeness (QED) is 0.188. The van der Waals surface area contributed by atoms with Crippen LogP contribution in [0.15, 0.2) is 48.0 Å². The third kappa shape index (κ3) is 7.59. The van der Waals surface area contributed by atoms with Crippen molar-refractivity contribution in [1.82, 2.24) is 5.32 Å². The van der Waals surface area contributed by atoms with Gasteiger partial charge in [0.25, 0.3) is 5.91 Å². The van der Waals surface area contributed by atoms with E-state index in [0.717, 1.165) is 24.0 Å². The monoisotopic (exact) mass is 434 g/mol. The summed E-state index contributed by atoms with van der Waals surface area (Å²) >= 11 is 0. The molecule has 2 aromatic carbocycles. The van der Waals surface area contributed by atoms with Crippen molar-refractivity contribution in [2.45, 2.75) is 46.5 Å². The molecule has 0 bridgehead atoms. The molecule has 0 saturated heterocycles. The summed E-state index contributed by atoms with van der Waals surface area (Å²) in [5.41, 5.74) is 2.77. The first kappa shape index (κ1) is 24.7. The standard InChI is InChI=1S/C26H30N2O4/c1-5-6-13-28-26(30)21(16-27)15-20-8-10-22(11-9-20)32-25(29)17-31-24-14-19(4)7-12-23(24)18(2)3/h7-12,14-15,18H,5-6,13,17H2,1-4H3,(H,28,30)/b21-15+. The van der Waals surface area contributed by atoms with Gasteiger partial charge in [0.1, 0.15) is 23.1 Å². The van der Waals surface area contributed by atoms with Crippen molar-refractivity contribution in [1.29, 1.82) is 5.26 Å². The molecule has 0 atom stereocenters. The maximum absolute atomic E-state index is 12.2. The fraction of sp³-hybridized carbons (Fsp3) is 0.346. The number of carbonyl (C=O) groups is 2. The first-order chi connectivity index (χ1) is 15.3. The van der Waals surface area contributed by atoms with Crippen LogP contribution in [0.3, 0.4) is 0 Å². The van der Waals surface area contributed by atoms with Crippen LogP contribution in [0.4, 0.5) is 0 Å². The Balaban J connectivity index is 1.96. The Morgan fingerprint density at radius 3 is 2.50 bits per heavy atom. The van der Waals surface area contributed by atoms with E-state index in [4.69, 9.17) is 9.47 Å². The fourth-order valence-electron chi connectivity index (χ4n) is 2.96. The molecule has 0 aliphatic heterocycles. The van der Waals surface area contributed by atoms with Crippen LogP contribution in [-0.2, 0) is 9.59 Å². The van der Waals surface area contributed by atoms with Gasteiger partial charge in [0, 0.05) is 6.54 Å². The zero-order valence-electron chi connectivity index (χ0n) is 19.1. The van der Waals surface area contributed by atoms with Crippen molar-refractivity contribution in [3.05, 3.63) is 64.7 Å². The molecule has 168 valence electrons. The van der Waals surface area contributed by atoms with Crippen molar-refractivity contribution in [3.63, 3.8) is 0 Å². The van der Waals surface area contributed by atoms with Gasteiger partial charge in [-0.05, 0) is 60.2 Å². The van der Waals surface area contributed by atoms with Gasteiger partial charge in [0.2, 0.25) is 0 Å². The van der Waals surface area contributed by atoms with Crippen LogP contribution >= 0.6 is 0 Å². The highest BCUT2D eigenvalue weighted by Crippen LogP contribution is 2.27. The van der Waals surface area contributed by atoms with Crippen LogP contribution in [0.1, 0.15) is 56.2 Å². The van der Waals surface area contributed by atoms with Gasteiger partial charge in [0.05, 0.1) is 0 Å². The number of carbonyl (C=O) groups excluding carboxylic acids is 2. The Hall–Kier alpha value is -3.59. The number of nitrogens with zero attached hydrogens (tertiary/aromatic N) is 1. The maximum Gasteiger partial charge on any atom is 0.349 e. The third-order valence-electron chi connectivity index (χ3n) is 4.74. The van der Waals surface area contributed by atoms with Gasteiger partial charge in [-0.3, -0.25) is 4.79 Å². The van der Waals surface area contributed by atoms with E-state index < -0.39 is 11.9 Å². The largest absolute Gasteiger partial charge is 0.482 e. The lowest BCUT2D eigenvalue weighted by Gasteiger charge is -2.14. The second-order valence-electron chi connectivity index (χ2n) is 7.81. The van der Waals surface area contributed by atoms with Gasteiger partial charge in [-0.15, -0.1) is 0 Å². The van der Waals surface area contributed by atoms with Gasteiger partial charge < -0.3 is 14.8 Å². The molecule has 0 aliphatic rings. The maximum atomic E-state index is 12.2. The second-order valence-corrected chi connectivity index (χ2v) is 7.81. The number of hydrogen-bond acceptors (Lipinski definition) is 5. The van der Waals surface area contributed by atoms with E-state index in [1.54, 1.807) is 24.3 Å². The zero-order valence-corrected chi connectivity index (χ0v) is 19.1. The summed E-state index contributed by atoms with van der Waals surface area (Å²) in [6, 6.07) is 14.4. The van der Waals surface area contributed by atoms with E-state index >= 15 is 0 Å². The number of benzene rings is 2. The molecule has 0 aromatic heterocycles. The van der Waals surface area contributed by atoms with Crippen molar-refractivity contribution in [2.24, 2.45) is 0 Å². The summed E-state index contributed by atoms with van der Waals surface area (Å²) < 4.78 is 11.0. The molecule has 1 amide bonds. The molecule has 0 unspecified atom stereocenters. The van der Waals surface area contributed by atoms with Crippen LogP contribution in [0.25, 0.3) is 6.08 Å². The Kier molecular flexibility index (Phi) is 9.49. The SMILES string of the molecule is CCCCNC(=O)/C(C#N)=C/c1ccc(OC(=O)COc2cc(C)ccc2C(C)C)cc1. The Labute approximate surface area is 189 Å². The number of ether oxygens (including phenoxy) is 2. The Morgan fingerprint density at radius 1 is 1.16 bits per heavy atom. The molecule has 0 saturated carbocycles. The van der Waals surface area contributed by atoms with E-state index in [9.17, 15) is 14.9 Å². The Bertz CT molecular complexity index is 1000. The predicted octanol–water partition coefficient (Wildman–Crippen LogP) is 4.93. The van der Waals surface area contributed by atoms with E-state index in [-0.39, 0.29) is 18.1 Å². The van der Waals surface area contributed by atoms with Crippen molar-refractivity contribution < 1.29 is 19.1 Å². The predicted molar refractivity (Wildman–Crippen MR) is 124 cm³/mol. The first-order valence-corrected chi connectivity index (χ1v) is 10.8. The van der Waals surface area contributed by atoms with E-state index in [1.807, 2.05) is 38.1 Å². The number of hydrogen-bond donors (Lipinski definition) is 1. The molecule has 6 heteroatoms. The number of esters is 1. The molecule has 0 fully saturated rings. The molecule has 2 rings (SSSR count). The number of aryl methyl sites for hydroxylation is 1. The van der Waals surface area contributed by atoms with Crippen LogP contribution in [0.2, 0.25) is 0 Å². The fourth-order valence-corrected chi connectivity index (χ4v) is 2.96. The van der Waals surface area contributed by atoms with E-state index in [2.05, 4.69) is 19.2 Å². The highest BCUT2D eigenvalue weighted by atomic mass is 16.6. The minimum Gasteiger partial charge on any atom is -0.482 e. The average molecular weight is 435 g/mol. The highest BCUT2D eigenvalue weighted by molar-refractivity contribution is 6.01. The topological polar surface area (TPSA) is 88.4 Å². The number of nitriles is 1. The summed E-state index contributed by atoms with van der Waals surface area (Å²) in [4.78, 5) is 24.3. The van der Waals surface area contributed by atoms with Crippen molar-refractivity contribution in [3.8, 4) is 17.6 Å². The lowest BCUT2D eigenvalue weighted by Crippen LogP contribution is -2.25. The smallest absolute Gasteiger partial charge is 0.349 e. The number of unbranched alkanes of at least 4 members (excludes halogenated alkanes) is 1. The summed E-state index contributed by atoms with van der Waals surface area (Å²) in [5.74, 6) is 0.394. The second kappa shape index (κ2) is 12.3. The van der Waals surface area contributed by atoms with E-state index in [1.165, 1.54) is 6.08 Å². The molecule has 32 heavy (non-hydrogen) atoms. The molecule has 0 spiro atoms. The summed E-state index contributed by atoms with van der Waals surface area (Å²) in [6.45, 7) is 8.46. The van der Waals surface area contributed by atoms with Crippen LogP contribution in [-0.4, -0.2) is 25.0 Å². The molecule has 0 radical (unpaired) electrons. The van der Waals surface area contributed by atoms with Gasteiger partial charge in [-0.2, -0.15) is 5.26 Å². The van der Waals surface area contributed by atoms with Gasteiger partial charge >= 0.3 is 5.97 Å². The summed E-state index contributed by atoms with van der Waals surface area (Å²) in [5, 5.41) is 12.0. The highest BCUT2D eigenvalue weighted by Gasteiger charge is 2.12. The lowest BCUT2D eigenvalue weighted by molar-refractivity contribution is -0.136. The number of rotatable bonds is 10. The molecule has 0 aliphatic carbocycles. The average Bonchev–Trinajstić information content (AvgIpc) is 2.77. The molecule has 1 N–H and O–H groups in total. The van der Waals surface area contributed by atoms with Gasteiger partial charge in [-0.25, -0.2) is 4.79 Å². The number of amides is 1. The van der Waals surface area contributed by atoms with Crippen LogP contribution in [0, 0.1) is 18.3 Å². The molecule has 2 aromatic rings. The minimum atomic E-state index is -0.516.